The number of benzene rings is 1. The van der Waals surface area contributed by atoms with E-state index in [0.29, 0.717) is 24.4 Å². The number of rotatable bonds is 7. The predicted octanol–water partition coefficient (Wildman–Crippen LogP) is 2.90. The lowest BCUT2D eigenvalue weighted by Crippen LogP contribution is -2.42. The Hall–Kier alpha value is -1.55. The Bertz CT molecular complexity index is 509. The van der Waals surface area contributed by atoms with Gasteiger partial charge in [-0.05, 0) is 50.7 Å². The molecule has 1 amide bonds. The van der Waals surface area contributed by atoms with Crippen LogP contribution in [0.4, 0.5) is 5.69 Å². The minimum absolute atomic E-state index is 0.0545. The van der Waals surface area contributed by atoms with Gasteiger partial charge in [-0.1, -0.05) is 12.1 Å². The van der Waals surface area contributed by atoms with Gasteiger partial charge in [0.25, 0.3) is 0 Å². The summed E-state index contributed by atoms with van der Waals surface area (Å²) in [5.41, 5.74) is 0.750. The Morgan fingerprint density at radius 2 is 2.05 bits per heavy atom. The summed E-state index contributed by atoms with van der Waals surface area (Å²) < 4.78 is 5.28. The summed E-state index contributed by atoms with van der Waals surface area (Å²) >= 11 is 0. The van der Waals surface area contributed by atoms with Crippen LogP contribution in [0.15, 0.2) is 24.3 Å². The van der Waals surface area contributed by atoms with Crippen molar-refractivity contribution in [2.24, 2.45) is 5.92 Å². The number of para-hydroxylation sites is 2. The van der Waals surface area contributed by atoms with Crippen LogP contribution in [0.25, 0.3) is 0 Å². The highest BCUT2D eigenvalue weighted by Gasteiger charge is 2.39. The average molecular weight is 288 g/mol. The highest BCUT2D eigenvalue weighted by atomic mass is 16.5. The van der Waals surface area contributed by atoms with Gasteiger partial charge < -0.3 is 10.1 Å². The first-order chi connectivity index (χ1) is 10.2. The summed E-state index contributed by atoms with van der Waals surface area (Å²) in [5, 5.41) is 2.98. The third kappa shape index (κ3) is 3.56. The molecule has 2 aliphatic carbocycles. The number of hydrogen-bond donors (Lipinski definition) is 1. The number of amides is 1. The van der Waals surface area contributed by atoms with E-state index in [4.69, 9.17) is 4.74 Å². The molecule has 0 spiro atoms. The van der Waals surface area contributed by atoms with Crippen molar-refractivity contribution in [2.75, 3.05) is 19.0 Å². The number of methoxy groups -OCH3 is 1. The van der Waals surface area contributed by atoms with Crippen molar-refractivity contribution in [1.29, 1.82) is 0 Å². The summed E-state index contributed by atoms with van der Waals surface area (Å²) in [6.07, 6.45) is 5.11. The molecule has 0 heterocycles. The van der Waals surface area contributed by atoms with Crippen molar-refractivity contribution in [1.82, 2.24) is 4.90 Å². The largest absolute Gasteiger partial charge is 0.495 e. The topological polar surface area (TPSA) is 41.6 Å². The molecule has 4 heteroatoms. The maximum atomic E-state index is 12.4. The van der Waals surface area contributed by atoms with E-state index in [0.717, 1.165) is 11.6 Å². The quantitative estimate of drug-likeness (QED) is 0.839. The molecule has 21 heavy (non-hydrogen) atoms. The molecule has 2 fully saturated rings. The van der Waals surface area contributed by atoms with Gasteiger partial charge in [0.2, 0.25) is 5.91 Å². The first kappa shape index (κ1) is 14.4. The maximum absolute atomic E-state index is 12.4. The van der Waals surface area contributed by atoms with Crippen LogP contribution in [0, 0.1) is 5.92 Å². The summed E-state index contributed by atoms with van der Waals surface area (Å²) in [6, 6.07) is 8.69. The van der Waals surface area contributed by atoms with Gasteiger partial charge in [-0.3, -0.25) is 9.69 Å². The van der Waals surface area contributed by atoms with Gasteiger partial charge >= 0.3 is 0 Å². The van der Waals surface area contributed by atoms with Gasteiger partial charge in [-0.15, -0.1) is 0 Å². The second kappa shape index (κ2) is 6.06. The summed E-state index contributed by atoms with van der Waals surface area (Å²) in [5.74, 6) is 1.56. The smallest absolute Gasteiger partial charge is 0.238 e. The molecule has 0 saturated heterocycles. The highest BCUT2D eigenvalue weighted by molar-refractivity contribution is 5.93. The Morgan fingerprint density at radius 3 is 2.67 bits per heavy atom. The van der Waals surface area contributed by atoms with Crippen molar-refractivity contribution in [3.8, 4) is 5.75 Å². The van der Waals surface area contributed by atoms with Gasteiger partial charge in [0.1, 0.15) is 5.75 Å². The normalized spacial score (nSPS) is 19.4. The van der Waals surface area contributed by atoms with E-state index in [2.05, 4.69) is 17.1 Å². The lowest BCUT2D eigenvalue weighted by atomic mass is 10.1. The highest BCUT2D eigenvalue weighted by Crippen LogP contribution is 2.39. The van der Waals surface area contributed by atoms with Crippen molar-refractivity contribution in [3.05, 3.63) is 24.3 Å². The Morgan fingerprint density at radius 1 is 1.33 bits per heavy atom. The summed E-state index contributed by atoms with van der Waals surface area (Å²) in [7, 11) is 1.62. The van der Waals surface area contributed by atoms with Crippen molar-refractivity contribution < 1.29 is 9.53 Å². The zero-order valence-corrected chi connectivity index (χ0v) is 12.8. The lowest BCUT2D eigenvalue weighted by Gasteiger charge is -2.28. The molecule has 1 N–H and O–H groups in total. The molecule has 2 aliphatic rings. The molecule has 114 valence electrons. The molecule has 1 aromatic carbocycles. The second-order valence-electron chi connectivity index (χ2n) is 6.23. The second-order valence-corrected chi connectivity index (χ2v) is 6.23. The van der Waals surface area contributed by atoms with E-state index in [1.807, 2.05) is 24.3 Å². The van der Waals surface area contributed by atoms with Crippen LogP contribution in [-0.2, 0) is 4.79 Å². The molecule has 0 aliphatic heterocycles. The number of hydrogen-bond acceptors (Lipinski definition) is 3. The molecular formula is C17H24N2O2. The average Bonchev–Trinajstić information content (AvgIpc) is 3.37. The molecule has 2 saturated carbocycles. The van der Waals surface area contributed by atoms with Crippen LogP contribution in [0.1, 0.15) is 32.6 Å². The molecule has 1 aromatic rings. The first-order valence-corrected chi connectivity index (χ1v) is 7.87. The van der Waals surface area contributed by atoms with E-state index in [1.165, 1.54) is 25.7 Å². The minimum atomic E-state index is 0.0545. The van der Waals surface area contributed by atoms with Crippen LogP contribution in [0.3, 0.4) is 0 Å². The van der Waals surface area contributed by atoms with E-state index < -0.39 is 0 Å². The third-order valence-electron chi connectivity index (χ3n) is 4.55. The minimum Gasteiger partial charge on any atom is -0.495 e. The standard InChI is InChI=1S/C17H24N2O2/c1-12(13-7-8-13)19(14-9-10-14)11-17(20)18-15-5-3-4-6-16(15)21-2/h3-6,12-14H,7-11H2,1-2H3,(H,18,20). The number of nitrogens with zero attached hydrogens (tertiary/aromatic N) is 1. The molecule has 1 unspecified atom stereocenters. The van der Waals surface area contributed by atoms with Gasteiger partial charge in [0, 0.05) is 12.1 Å². The van der Waals surface area contributed by atoms with E-state index >= 15 is 0 Å². The molecule has 0 bridgehead atoms. The molecule has 1 atom stereocenters. The van der Waals surface area contributed by atoms with E-state index in [9.17, 15) is 4.79 Å². The van der Waals surface area contributed by atoms with Gasteiger partial charge in [-0.25, -0.2) is 0 Å². The lowest BCUT2D eigenvalue weighted by molar-refractivity contribution is -0.118. The summed E-state index contributed by atoms with van der Waals surface area (Å²) in [4.78, 5) is 14.8. The molecule has 4 nitrogen and oxygen atoms in total. The fourth-order valence-electron chi connectivity index (χ4n) is 2.96. The molecule has 3 rings (SSSR count). The Kier molecular flexibility index (Phi) is 4.15. The van der Waals surface area contributed by atoms with E-state index in [-0.39, 0.29) is 5.91 Å². The monoisotopic (exact) mass is 288 g/mol. The molecule has 0 aromatic heterocycles. The van der Waals surface area contributed by atoms with Crippen LogP contribution < -0.4 is 10.1 Å². The van der Waals surface area contributed by atoms with Crippen LogP contribution in [0.5, 0.6) is 5.75 Å². The predicted molar refractivity (Wildman–Crippen MR) is 83.5 cm³/mol. The van der Waals surface area contributed by atoms with Crippen molar-refractivity contribution >= 4 is 11.6 Å². The maximum Gasteiger partial charge on any atom is 0.238 e. The summed E-state index contributed by atoms with van der Waals surface area (Å²) in [6.45, 7) is 2.76. The van der Waals surface area contributed by atoms with Crippen LogP contribution in [0.2, 0.25) is 0 Å². The number of anilines is 1. The fourth-order valence-corrected chi connectivity index (χ4v) is 2.96. The van der Waals surface area contributed by atoms with Gasteiger partial charge in [0.15, 0.2) is 0 Å². The van der Waals surface area contributed by atoms with Crippen LogP contribution in [-0.4, -0.2) is 36.5 Å². The zero-order valence-electron chi connectivity index (χ0n) is 12.8. The van der Waals surface area contributed by atoms with Gasteiger partial charge in [0.05, 0.1) is 19.3 Å². The number of carbonyl (C=O) groups is 1. The third-order valence-corrected chi connectivity index (χ3v) is 4.55. The number of nitrogens with one attached hydrogen (secondary N) is 1. The Labute approximate surface area is 126 Å². The fraction of sp³-hybridized carbons (Fsp3) is 0.588. The SMILES string of the molecule is COc1ccccc1NC(=O)CN(C1CC1)C(C)C1CC1. The number of ether oxygens (including phenoxy) is 1. The molecular weight excluding hydrogens is 264 g/mol. The first-order valence-electron chi connectivity index (χ1n) is 7.87. The molecule has 0 radical (unpaired) electrons. The van der Waals surface area contributed by atoms with E-state index in [1.54, 1.807) is 7.11 Å². The zero-order chi connectivity index (χ0) is 14.8. The number of carbonyl (C=O) groups excluding carboxylic acids is 1. The van der Waals surface area contributed by atoms with Crippen LogP contribution >= 0.6 is 0 Å². The Balaban J connectivity index is 1.61. The van der Waals surface area contributed by atoms with Crippen molar-refractivity contribution in [2.45, 2.75) is 44.7 Å². The van der Waals surface area contributed by atoms with Crippen molar-refractivity contribution in [3.63, 3.8) is 0 Å². The van der Waals surface area contributed by atoms with Gasteiger partial charge in [-0.2, -0.15) is 0 Å².